The van der Waals surface area contributed by atoms with Gasteiger partial charge in [0.15, 0.2) is 5.72 Å². The Morgan fingerprint density at radius 2 is 1.78 bits per heavy atom. The lowest BCUT2D eigenvalue weighted by atomic mass is 9.91. The quantitative estimate of drug-likeness (QED) is 0.634. The molecule has 0 aliphatic rings. The van der Waals surface area contributed by atoms with Gasteiger partial charge in [0, 0.05) is 0 Å². The molecule has 0 aliphatic heterocycles. The van der Waals surface area contributed by atoms with Gasteiger partial charge in [-0.3, -0.25) is 10.5 Å². The Morgan fingerprint density at radius 3 is 2.22 bits per heavy atom. The predicted molar refractivity (Wildman–Crippen MR) is 69.5 cm³/mol. The van der Waals surface area contributed by atoms with Crippen molar-refractivity contribution in [1.82, 2.24) is 0 Å². The Kier molecular flexibility index (Phi) is 4.14. The number of carbonyl (C=O) groups is 1. The maximum atomic E-state index is 11.9. The zero-order chi connectivity index (χ0) is 14.0. The number of esters is 1. The van der Waals surface area contributed by atoms with Crippen LogP contribution in [0.15, 0.2) is 30.3 Å². The number of aliphatic hydroxyl groups is 1. The third-order valence-electron chi connectivity index (χ3n) is 2.66. The van der Waals surface area contributed by atoms with Crippen molar-refractivity contribution < 1.29 is 14.6 Å². The number of rotatable bonds is 3. The highest BCUT2D eigenvalue weighted by molar-refractivity contribution is 5.74. The molecule has 0 saturated heterocycles. The van der Waals surface area contributed by atoms with Gasteiger partial charge in [0.1, 0.15) is 11.5 Å². The fourth-order valence-electron chi connectivity index (χ4n) is 1.52. The lowest BCUT2D eigenvalue weighted by molar-refractivity contribution is -0.169. The van der Waals surface area contributed by atoms with Gasteiger partial charge in [0.25, 0.3) is 0 Å². The molecule has 2 unspecified atom stereocenters. The largest absolute Gasteiger partial charge is 0.460 e. The summed E-state index contributed by atoms with van der Waals surface area (Å²) in [6.07, 6.45) is 0. The van der Waals surface area contributed by atoms with E-state index in [1.165, 1.54) is 0 Å². The molecule has 0 heterocycles. The van der Waals surface area contributed by atoms with Gasteiger partial charge in [-0.2, -0.15) is 0 Å². The van der Waals surface area contributed by atoms with Crippen molar-refractivity contribution >= 4 is 5.97 Å². The van der Waals surface area contributed by atoms with E-state index in [9.17, 15) is 9.90 Å². The highest BCUT2D eigenvalue weighted by Gasteiger charge is 2.38. The van der Waals surface area contributed by atoms with Gasteiger partial charge in [-0.05, 0) is 33.3 Å². The lowest BCUT2D eigenvalue weighted by Gasteiger charge is -2.31. The van der Waals surface area contributed by atoms with Crippen LogP contribution in [0.5, 0.6) is 0 Å². The van der Waals surface area contributed by atoms with Gasteiger partial charge in [-0.1, -0.05) is 30.3 Å². The van der Waals surface area contributed by atoms with Crippen LogP contribution in [0, 0.1) is 5.92 Å². The third-order valence-corrected chi connectivity index (χ3v) is 2.66. The van der Waals surface area contributed by atoms with Crippen molar-refractivity contribution in [3.8, 4) is 0 Å². The molecule has 0 amide bonds. The van der Waals surface area contributed by atoms with E-state index < -0.39 is 23.2 Å². The van der Waals surface area contributed by atoms with E-state index in [0.29, 0.717) is 5.56 Å². The van der Waals surface area contributed by atoms with Gasteiger partial charge in [0.05, 0.1) is 0 Å². The predicted octanol–water partition coefficient (Wildman–Crippen LogP) is 1.77. The number of ether oxygens (including phenoxy) is 1. The minimum atomic E-state index is -1.73. The van der Waals surface area contributed by atoms with Crippen LogP contribution in [0.1, 0.15) is 33.3 Å². The summed E-state index contributed by atoms with van der Waals surface area (Å²) < 4.78 is 5.23. The summed E-state index contributed by atoms with van der Waals surface area (Å²) >= 11 is 0. The molecule has 4 nitrogen and oxygen atoms in total. The SMILES string of the molecule is CC(C(=O)OC(C)(C)C)C(N)(O)c1ccccc1. The van der Waals surface area contributed by atoms with E-state index >= 15 is 0 Å². The number of nitrogens with two attached hydrogens (primary N) is 1. The van der Waals surface area contributed by atoms with Crippen LogP contribution < -0.4 is 5.73 Å². The molecule has 0 aliphatic carbocycles. The summed E-state index contributed by atoms with van der Waals surface area (Å²) in [5, 5.41) is 10.3. The molecule has 1 aromatic carbocycles. The van der Waals surface area contributed by atoms with Gasteiger partial charge >= 0.3 is 5.97 Å². The average Bonchev–Trinajstić information content (AvgIpc) is 2.27. The Morgan fingerprint density at radius 1 is 1.28 bits per heavy atom. The maximum Gasteiger partial charge on any atom is 0.313 e. The molecule has 0 fully saturated rings. The first-order valence-electron chi connectivity index (χ1n) is 5.94. The topological polar surface area (TPSA) is 72.5 Å². The molecular weight excluding hydrogens is 230 g/mol. The Bertz CT molecular complexity index is 407. The standard InChI is InChI=1S/C14H21NO3/c1-10(12(16)18-13(2,3)4)14(15,17)11-8-6-5-7-9-11/h5-10,17H,15H2,1-4H3. The van der Waals surface area contributed by atoms with Crippen LogP contribution >= 0.6 is 0 Å². The molecule has 100 valence electrons. The molecule has 0 spiro atoms. The monoisotopic (exact) mass is 251 g/mol. The van der Waals surface area contributed by atoms with Crippen molar-refractivity contribution in [2.75, 3.05) is 0 Å². The van der Waals surface area contributed by atoms with E-state index in [1.807, 2.05) is 6.07 Å². The smallest absolute Gasteiger partial charge is 0.313 e. The fourth-order valence-corrected chi connectivity index (χ4v) is 1.52. The minimum Gasteiger partial charge on any atom is -0.460 e. The van der Waals surface area contributed by atoms with E-state index in [2.05, 4.69) is 0 Å². The summed E-state index contributed by atoms with van der Waals surface area (Å²) in [6.45, 7) is 6.88. The third kappa shape index (κ3) is 3.55. The summed E-state index contributed by atoms with van der Waals surface area (Å²) in [7, 11) is 0. The molecule has 1 rings (SSSR count). The van der Waals surface area contributed by atoms with Gasteiger partial charge in [-0.25, -0.2) is 0 Å². The van der Waals surface area contributed by atoms with Gasteiger partial charge < -0.3 is 9.84 Å². The second kappa shape index (κ2) is 5.08. The molecule has 4 heteroatoms. The van der Waals surface area contributed by atoms with E-state index in [0.717, 1.165) is 0 Å². The first-order valence-corrected chi connectivity index (χ1v) is 5.94. The molecular formula is C14H21NO3. The second-order valence-electron chi connectivity index (χ2n) is 5.45. The first kappa shape index (κ1) is 14.7. The van der Waals surface area contributed by atoms with Gasteiger partial charge in [0.2, 0.25) is 0 Å². The highest BCUT2D eigenvalue weighted by atomic mass is 16.6. The molecule has 3 N–H and O–H groups in total. The van der Waals surface area contributed by atoms with Crippen LogP contribution in [0.25, 0.3) is 0 Å². The summed E-state index contributed by atoms with van der Waals surface area (Å²) in [5.41, 5.74) is 4.01. The molecule has 0 radical (unpaired) electrons. The van der Waals surface area contributed by atoms with E-state index in [4.69, 9.17) is 10.5 Å². The van der Waals surface area contributed by atoms with Crippen molar-refractivity contribution in [1.29, 1.82) is 0 Å². The molecule has 0 saturated carbocycles. The first-order chi connectivity index (χ1) is 8.14. The van der Waals surface area contributed by atoms with Crippen LogP contribution in [0.2, 0.25) is 0 Å². The van der Waals surface area contributed by atoms with Crippen molar-refractivity contribution in [3.63, 3.8) is 0 Å². The second-order valence-corrected chi connectivity index (χ2v) is 5.45. The van der Waals surface area contributed by atoms with Crippen molar-refractivity contribution in [2.45, 2.75) is 39.0 Å². The summed E-state index contributed by atoms with van der Waals surface area (Å²) in [5.74, 6) is -1.37. The Hall–Kier alpha value is -1.39. The molecule has 1 aromatic rings. The molecule has 18 heavy (non-hydrogen) atoms. The van der Waals surface area contributed by atoms with Crippen LogP contribution in [-0.2, 0) is 15.3 Å². The summed E-state index contributed by atoms with van der Waals surface area (Å²) in [4.78, 5) is 11.9. The van der Waals surface area contributed by atoms with Gasteiger partial charge in [-0.15, -0.1) is 0 Å². The molecule has 2 atom stereocenters. The highest BCUT2D eigenvalue weighted by Crippen LogP contribution is 2.26. The zero-order valence-electron chi connectivity index (χ0n) is 11.3. The zero-order valence-corrected chi connectivity index (χ0v) is 11.3. The van der Waals surface area contributed by atoms with Crippen LogP contribution in [0.3, 0.4) is 0 Å². The van der Waals surface area contributed by atoms with Crippen LogP contribution in [-0.4, -0.2) is 16.7 Å². The number of hydrogen-bond donors (Lipinski definition) is 2. The van der Waals surface area contributed by atoms with E-state index in [-0.39, 0.29) is 0 Å². The molecule has 0 aromatic heterocycles. The maximum absolute atomic E-state index is 11.9. The summed E-state index contributed by atoms with van der Waals surface area (Å²) in [6, 6.07) is 8.70. The minimum absolute atomic E-state index is 0.489. The van der Waals surface area contributed by atoms with Crippen molar-refractivity contribution in [3.05, 3.63) is 35.9 Å². The molecule has 0 bridgehead atoms. The van der Waals surface area contributed by atoms with E-state index in [1.54, 1.807) is 52.0 Å². The lowest BCUT2D eigenvalue weighted by Crippen LogP contribution is -2.48. The van der Waals surface area contributed by atoms with Crippen LogP contribution in [0.4, 0.5) is 0 Å². The number of hydrogen-bond acceptors (Lipinski definition) is 4. The normalized spacial score (nSPS) is 16.8. The average molecular weight is 251 g/mol. The Labute approximate surface area is 108 Å². The van der Waals surface area contributed by atoms with Crippen molar-refractivity contribution in [2.24, 2.45) is 11.7 Å². The fraction of sp³-hybridized carbons (Fsp3) is 0.500. The number of benzene rings is 1. The number of carbonyl (C=O) groups excluding carboxylic acids is 1. The Balaban J connectivity index is 2.89.